The minimum atomic E-state index is -0.232. The van der Waals surface area contributed by atoms with Gasteiger partial charge in [-0.05, 0) is 43.1 Å². The van der Waals surface area contributed by atoms with Gasteiger partial charge in [-0.1, -0.05) is 44.7 Å². The van der Waals surface area contributed by atoms with Gasteiger partial charge in [0.25, 0.3) is 0 Å². The maximum absolute atomic E-state index is 11.2. The van der Waals surface area contributed by atoms with E-state index in [1.54, 1.807) is 0 Å². The molecule has 0 aromatic rings. The number of ether oxygens (including phenoxy) is 1. The second-order valence-electron chi connectivity index (χ2n) is 5.76. The second-order valence-corrected chi connectivity index (χ2v) is 5.76. The summed E-state index contributed by atoms with van der Waals surface area (Å²) >= 11 is 0. The van der Waals surface area contributed by atoms with Crippen LogP contribution in [-0.4, -0.2) is 12.1 Å². The fraction of sp³-hybridized carbons (Fsp3) is 0.588. The van der Waals surface area contributed by atoms with Crippen molar-refractivity contribution in [2.45, 2.75) is 52.6 Å². The molecule has 0 bridgehead atoms. The third-order valence-corrected chi connectivity index (χ3v) is 3.73. The standard InChI is InChI=1S/C17H26O2/c1-12(2)16-9-6-13(3)7-11-17(19-15(5)18)14(4)8-10-16/h6,9,12,16-17H,3-4,7-8,10-11H2,1-2,5H3/b9-6+/t16-,17-/m1/s1. The Kier molecular flexibility index (Phi) is 6.07. The average molecular weight is 262 g/mol. The van der Waals surface area contributed by atoms with Crippen molar-refractivity contribution in [2.75, 3.05) is 0 Å². The lowest BCUT2D eigenvalue weighted by atomic mass is 9.86. The van der Waals surface area contributed by atoms with Gasteiger partial charge in [-0.3, -0.25) is 4.79 Å². The summed E-state index contributed by atoms with van der Waals surface area (Å²) in [6.45, 7) is 14.1. The lowest BCUT2D eigenvalue weighted by molar-refractivity contribution is -0.144. The Balaban J connectivity index is 2.80. The minimum absolute atomic E-state index is 0.159. The van der Waals surface area contributed by atoms with Gasteiger partial charge in [0, 0.05) is 6.92 Å². The van der Waals surface area contributed by atoms with Crippen LogP contribution in [0.15, 0.2) is 36.5 Å². The molecule has 1 rings (SSSR count). The Hall–Kier alpha value is -1.31. The van der Waals surface area contributed by atoms with Crippen molar-refractivity contribution in [3.8, 4) is 0 Å². The summed E-state index contributed by atoms with van der Waals surface area (Å²) in [6, 6.07) is 0. The van der Waals surface area contributed by atoms with Crippen molar-refractivity contribution < 1.29 is 9.53 Å². The Morgan fingerprint density at radius 1 is 1.32 bits per heavy atom. The Morgan fingerprint density at radius 2 is 2.00 bits per heavy atom. The Bertz CT molecular complexity index is 377. The summed E-state index contributed by atoms with van der Waals surface area (Å²) in [7, 11) is 0. The largest absolute Gasteiger partial charge is 0.458 e. The minimum Gasteiger partial charge on any atom is -0.458 e. The highest BCUT2D eigenvalue weighted by molar-refractivity contribution is 5.66. The zero-order chi connectivity index (χ0) is 14.4. The molecule has 0 aliphatic heterocycles. The SMILES string of the molecule is C=C1/C=C/[C@@H](C(C)C)CCC(=C)[C@H](OC(C)=O)CC1. The van der Waals surface area contributed by atoms with Crippen LogP contribution >= 0.6 is 0 Å². The molecule has 0 spiro atoms. The number of allylic oxidation sites excluding steroid dienone is 3. The molecule has 106 valence electrons. The van der Waals surface area contributed by atoms with E-state index >= 15 is 0 Å². The van der Waals surface area contributed by atoms with Gasteiger partial charge in [0.2, 0.25) is 0 Å². The van der Waals surface area contributed by atoms with Crippen LogP contribution in [0.4, 0.5) is 0 Å². The number of hydrogen-bond acceptors (Lipinski definition) is 2. The normalized spacial score (nSPS) is 27.2. The quantitative estimate of drug-likeness (QED) is 0.543. The smallest absolute Gasteiger partial charge is 0.303 e. The van der Waals surface area contributed by atoms with Gasteiger partial charge < -0.3 is 4.74 Å². The molecular formula is C17H26O2. The van der Waals surface area contributed by atoms with Crippen LogP contribution in [0.25, 0.3) is 0 Å². The molecule has 2 nitrogen and oxygen atoms in total. The van der Waals surface area contributed by atoms with Gasteiger partial charge in [0.1, 0.15) is 6.10 Å². The van der Waals surface area contributed by atoms with Crippen LogP contribution < -0.4 is 0 Å². The lowest BCUT2D eigenvalue weighted by Gasteiger charge is -2.24. The third kappa shape index (κ3) is 5.46. The molecule has 0 amide bonds. The van der Waals surface area contributed by atoms with Crippen LogP contribution in [0, 0.1) is 11.8 Å². The second kappa shape index (κ2) is 7.32. The summed E-state index contributed by atoms with van der Waals surface area (Å²) < 4.78 is 5.38. The number of carbonyl (C=O) groups is 1. The molecule has 0 radical (unpaired) electrons. The van der Waals surface area contributed by atoms with Gasteiger partial charge in [-0.15, -0.1) is 0 Å². The summed E-state index contributed by atoms with van der Waals surface area (Å²) in [5, 5.41) is 0. The highest BCUT2D eigenvalue weighted by Gasteiger charge is 2.19. The molecule has 0 aromatic heterocycles. The zero-order valence-corrected chi connectivity index (χ0v) is 12.4. The van der Waals surface area contributed by atoms with Crippen molar-refractivity contribution >= 4 is 5.97 Å². The molecule has 2 heteroatoms. The monoisotopic (exact) mass is 262 g/mol. The van der Waals surface area contributed by atoms with E-state index in [9.17, 15) is 4.79 Å². The van der Waals surface area contributed by atoms with E-state index in [2.05, 4.69) is 39.2 Å². The molecule has 0 heterocycles. The van der Waals surface area contributed by atoms with Crippen molar-refractivity contribution in [1.82, 2.24) is 0 Å². The average Bonchev–Trinajstić information content (AvgIpc) is 2.32. The molecule has 0 saturated heterocycles. The highest BCUT2D eigenvalue weighted by Crippen LogP contribution is 2.27. The molecule has 0 unspecified atom stereocenters. The zero-order valence-electron chi connectivity index (χ0n) is 12.4. The van der Waals surface area contributed by atoms with Crippen LogP contribution in [-0.2, 0) is 9.53 Å². The van der Waals surface area contributed by atoms with Gasteiger partial charge in [0.05, 0.1) is 0 Å². The van der Waals surface area contributed by atoms with Crippen LogP contribution in [0.5, 0.6) is 0 Å². The first kappa shape index (κ1) is 15.7. The molecule has 0 fully saturated rings. The molecular weight excluding hydrogens is 236 g/mol. The first-order valence-corrected chi connectivity index (χ1v) is 7.11. The predicted molar refractivity (Wildman–Crippen MR) is 79.8 cm³/mol. The van der Waals surface area contributed by atoms with Crippen molar-refractivity contribution in [3.05, 3.63) is 36.5 Å². The first-order valence-electron chi connectivity index (χ1n) is 7.11. The van der Waals surface area contributed by atoms with Crippen LogP contribution in [0.2, 0.25) is 0 Å². The van der Waals surface area contributed by atoms with Crippen LogP contribution in [0.1, 0.15) is 46.5 Å². The summed E-state index contributed by atoms with van der Waals surface area (Å²) in [5.74, 6) is 0.901. The lowest BCUT2D eigenvalue weighted by Crippen LogP contribution is -2.20. The van der Waals surface area contributed by atoms with Crippen molar-refractivity contribution in [3.63, 3.8) is 0 Å². The van der Waals surface area contributed by atoms with Crippen molar-refractivity contribution in [1.29, 1.82) is 0 Å². The van der Waals surface area contributed by atoms with E-state index in [1.807, 2.05) is 0 Å². The van der Waals surface area contributed by atoms with Crippen LogP contribution in [0.3, 0.4) is 0 Å². The van der Waals surface area contributed by atoms with Crippen molar-refractivity contribution in [2.24, 2.45) is 11.8 Å². The predicted octanol–water partition coefficient (Wildman–Crippen LogP) is 4.43. The number of carbonyl (C=O) groups excluding carboxylic acids is 1. The topological polar surface area (TPSA) is 26.3 Å². The number of hydrogen-bond donors (Lipinski definition) is 0. The van der Waals surface area contributed by atoms with Gasteiger partial charge in [-0.25, -0.2) is 0 Å². The van der Waals surface area contributed by atoms with E-state index in [-0.39, 0.29) is 12.1 Å². The highest BCUT2D eigenvalue weighted by atomic mass is 16.5. The molecule has 2 atom stereocenters. The molecule has 0 saturated carbocycles. The summed E-state index contributed by atoms with van der Waals surface area (Å²) in [5.41, 5.74) is 2.13. The fourth-order valence-corrected chi connectivity index (χ4v) is 2.37. The maximum atomic E-state index is 11.2. The first-order chi connectivity index (χ1) is 8.90. The van der Waals surface area contributed by atoms with Gasteiger partial charge in [0.15, 0.2) is 0 Å². The molecule has 19 heavy (non-hydrogen) atoms. The van der Waals surface area contributed by atoms with E-state index in [1.165, 1.54) is 6.92 Å². The van der Waals surface area contributed by atoms with E-state index in [0.29, 0.717) is 11.8 Å². The fourth-order valence-electron chi connectivity index (χ4n) is 2.37. The number of rotatable bonds is 2. The van der Waals surface area contributed by atoms with E-state index in [4.69, 9.17) is 4.74 Å². The molecule has 1 aliphatic carbocycles. The van der Waals surface area contributed by atoms with E-state index in [0.717, 1.165) is 36.8 Å². The summed E-state index contributed by atoms with van der Waals surface area (Å²) in [6.07, 6.45) is 7.84. The molecule has 0 N–H and O–H groups in total. The number of esters is 1. The molecule has 0 aromatic carbocycles. The summed E-state index contributed by atoms with van der Waals surface area (Å²) in [4.78, 5) is 11.2. The maximum Gasteiger partial charge on any atom is 0.303 e. The Morgan fingerprint density at radius 3 is 2.58 bits per heavy atom. The van der Waals surface area contributed by atoms with E-state index < -0.39 is 0 Å². The third-order valence-electron chi connectivity index (χ3n) is 3.73. The molecule has 1 aliphatic rings. The van der Waals surface area contributed by atoms with Gasteiger partial charge >= 0.3 is 5.97 Å². The van der Waals surface area contributed by atoms with Gasteiger partial charge in [-0.2, -0.15) is 0 Å². The Labute approximate surface area is 117 Å².